The standard InChI is InChI=1S/C10H10BrClN4O2S/c1-16-5-9(10(13)14-16)19(17,18)15-8-3-2-6(11)4-7(8)12/h2-5,15H,1H3,(H2,13,14). The second kappa shape index (κ2) is 5.03. The van der Waals surface area contributed by atoms with E-state index in [9.17, 15) is 8.42 Å². The second-order valence-corrected chi connectivity index (χ2v) is 6.76. The molecule has 1 heterocycles. The monoisotopic (exact) mass is 364 g/mol. The minimum absolute atomic E-state index is 0.0664. The summed E-state index contributed by atoms with van der Waals surface area (Å²) in [6, 6.07) is 4.82. The number of nitrogens with zero attached hydrogens (tertiary/aromatic N) is 2. The molecule has 9 heteroatoms. The fourth-order valence-corrected chi connectivity index (χ4v) is 3.42. The summed E-state index contributed by atoms with van der Waals surface area (Å²) in [5.74, 6) is -0.0664. The quantitative estimate of drug-likeness (QED) is 0.872. The molecule has 0 aliphatic carbocycles. The summed E-state index contributed by atoms with van der Waals surface area (Å²) in [5.41, 5.74) is 5.82. The first-order valence-electron chi connectivity index (χ1n) is 5.06. The lowest BCUT2D eigenvalue weighted by Crippen LogP contribution is -2.14. The molecule has 0 bridgehead atoms. The Morgan fingerprint density at radius 1 is 1.47 bits per heavy atom. The summed E-state index contributed by atoms with van der Waals surface area (Å²) in [7, 11) is -2.23. The van der Waals surface area contributed by atoms with Gasteiger partial charge in [0.05, 0.1) is 10.7 Å². The van der Waals surface area contributed by atoms with E-state index >= 15 is 0 Å². The van der Waals surface area contributed by atoms with Crippen molar-refractivity contribution >= 4 is 49.1 Å². The van der Waals surface area contributed by atoms with Crippen molar-refractivity contribution in [2.75, 3.05) is 10.5 Å². The minimum atomic E-state index is -3.82. The van der Waals surface area contributed by atoms with Gasteiger partial charge >= 0.3 is 0 Å². The zero-order valence-corrected chi connectivity index (χ0v) is 12.9. The lowest BCUT2D eigenvalue weighted by Gasteiger charge is -2.08. The van der Waals surface area contributed by atoms with Crippen LogP contribution >= 0.6 is 27.5 Å². The molecule has 0 amide bonds. The zero-order valence-electron chi connectivity index (χ0n) is 9.76. The van der Waals surface area contributed by atoms with Crippen LogP contribution in [0.2, 0.25) is 5.02 Å². The summed E-state index contributed by atoms with van der Waals surface area (Å²) < 4.78 is 28.8. The first-order valence-corrected chi connectivity index (χ1v) is 7.72. The SMILES string of the molecule is Cn1cc(S(=O)(=O)Nc2ccc(Br)cc2Cl)c(N)n1. The number of nitrogens with two attached hydrogens (primary N) is 1. The summed E-state index contributed by atoms with van der Waals surface area (Å²) in [6.07, 6.45) is 1.32. The Hall–Kier alpha value is -1.25. The van der Waals surface area contributed by atoms with Crippen LogP contribution in [-0.2, 0) is 17.1 Å². The molecule has 0 atom stereocenters. The number of aromatic nitrogens is 2. The molecule has 3 N–H and O–H groups in total. The highest BCUT2D eigenvalue weighted by Crippen LogP contribution is 2.28. The van der Waals surface area contributed by atoms with Crippen LogP contribution in [-0.4, -0.2) is 18.2 Å². The van der Waals surface area contributed by atoms with Crippen molar-refractivity contribution in [3.8, 4) is 0 Å². The lowest BCUT2D eigenvalue weighted by molar-refractivity contribution is 0.601. The molecule has 1 aromatic heterocycles. The van der Waals surface area contributed by atoms with E-state index < -0.39 is 10.0 Å². The van der Waals surface area contributed by atoms with Crippen LogP contribution in [0.4, 0.5) is 11.5 Å². The van der Waals surface area contributed by atoms with E-state index in [1.54, 1.807) is 25.2 Å². The molecule has 0 unspecified atom stereocenters. The van der Waals surface area contributed by atoms with Gasteiger partial charge in [-0.25, -0.2) is 8.42 Å². The fraction of sp³-hybridized carbons (Fsp3) is 0.100. The molecule has 1 aromatic carbocycles. The van der Waals surface area contributed by atoms with E-state index in [1.165, 1.54) is 10.9 Å². The van der Waals surface area contributed by atoms with Gasteiger partial charge in [0.25, 0.3) is 10.0 Å². The molecule has 0 saturated heterocycles. The van der Waals surface area contributed by atoms with Crippen LogP contribution in [0.5, 0.6) is 0 Å². The Bertz CT molecular complexity index is 729. The third kappa shape index (κ3) is 3.02. The molecule has 0 aliphatic heterocycles. The third-order valence-electron chi connectivity index (χ3n) is 2.29. The van der Waals surface area contributed by atoms with Crippen molar-refractivity contribution in [1.82, 2.24) is 9.78 Å². The fourth-order valence-electron chi connectivity index (χ4n) is 1.46. The number of rotatable bonds is 3. The van der Waals surface area contributed by atoms with Gasteiger partial charge in [0.1, 0.15) is 4.90 Å². The highest BCUT2D eigenvalue weighted by Gasteiger charge is 2.21. The number of aryl methyl sites for hydroxylation is 1. The predicted octanol–water partition coefficient (Wildman–Crippen LogP) is 2.22. The Kier molecular flexibility index (Phi) is 3.75. The molecule has 102 valence electrons. The van der Waals surface area contributed by atoms with Crippen LogP contribution in [0.3, 0.4) is 0 Å². The number of hydrogen-bond donors (Lipinski definition) is 2. The first-order chi connectivity index (χ1) is 8.79. The molecular formula is C10H10BrClN4O2S. The highest BCUT2D eigenvalue weighted by atomic mass is 79.9. The number of nitrogen functional groups attached to an aromatic ring is 1. The number of anilines is 2. The summed E-state index contributed by atoms with van der Waals surface area (Å²) >= 11 is 9.20. The van der Waals surface area contributed by atoms with Gasteiger partial charge in [0.15, 0.2) is 5.82 Å². The molecule has 19 heavy (non-hydrogen) atoms. The summed E-state index contributed by atoms with van der Waals surface area (Å²) in [4.78, 5) is -0.0889. The van der Waals surface area contributed by atoms with Gasteiger partial charge in [0.2, 0.25) is 0 Å². The lowest BCUT2D eigenvalue weighted by atomic mass is 10.3. The maximum absolute atomic E-state index is 12.2. The highest BCUT2D eigenvalue weighted by molar-refractivity contribution is 9.10. The number of hydrogen-bond acceptors (Lipinski definition) is 4. The van der Waals surface area contributed by atoms with Crippen molar-refractivity contribution in [1.29, 1.82) is 0 Å². The normalized spacial score (nSPS) is 11.5. The molecule has 0 saturated carbocycles. The van der Waals surface area contributed by atoms with Crippen molar-refractivity contribution in [3.05, 3.63) is 33.9 Å². The first kappa shape index (κ1) is 14.2. The second-order valence-electron chi connectivity index (χ2n) is 3.78. The predicted molar refractivity (Wildman–Crippen MR) is 77.6 cm³/mol. The van der Waals surface area contributed by atoms with Gasteiger partial charge in [-0.2, -0.15) is 5.10 Å². The average Bonchev–Trinajstić information content (AvgIpc) is 2.63. The zero-order chi connectivity index (χ0) is 14.2. The van der Waals surface area contributed by atoms with Gasteiger partial charge in [0, 0.05) is 17.7 Å². The van der Waals surface area contributed by atoms with Crippen molar-refractivity contribution in [3.63, 3.8) is 0 Å². The van der Waals surface area contributed by atoms with Gasteiger partial charge in [-0.1, -0.05) is 27.5 Å². The number of benzene rings is 1. The number of halogens is 2. The summed E-state index contributed by atoms with van der Waals surface area (Å²) in [6.45, 7) is 0. The maximum Gasteiger partial charge on any atom is 0.267 e. The van der Waals surface area contributed by atoms with Crippen LogP contribution in [0, 0.1) is 0 Å². The van der Waals surface area contributed by atoms with Gasteiger partial charge in [-0.3, -0.25) is 9.40 Å². The van der Waals surface area contributed by atoms with Crippen LogP contribution in [0.1, 0.15) is 0 Å². The molecule has 0 radical (unpaired) electrons. The Morgan fingerprint density at radius 3 is 2.68 bits per heavy atom. The van der Waals surface area contributed by atoms with E-state index in [1.807, 2.05) is 0 Å². The van der Waals surface area contributed by atoms with Gasteiger partial charge < -0.3 is 5.73 Å². The van der Waals surface area contributed by atoms with Crippen molar-refractivity contribution in [2.24, 2.45) is 7.05 Å². The Balaban J connectivity index is 2.39. The number of sulfonamides is 1. The van der Waals surface area contributed by atoms with Crippen LogP contribution in [0.25, 0.3) is 0 Å². The summed E-state index contributed by atoms with van der Waals surface area (Å²) in [5, 5.41) is 4.07. The Labute approximate surface area is 123 Å². The average molecular weight is 366 g/mol. The van der Waals surface area contributed by atoms with Crippen molar-refractivity contribution < 1.29 is 8.42 Å². The van der Waals surface area contributed by atoms with E-state index in [2.05, 4.69) is 25.8 Å². The maximum atomic E-state index is 12.2. The van der Waals surface area contributed by atoms with E-state index in [-0.39, 0.29) is 21.4 Å². The third-order valence-corrected chi connectivity index (χ3v) is 4.48. The molecule has 2 aromatic rings. The van der Waals surface area contributed by atoms with Crippen molar-refractivity contribution in [2.45, 2.75) is 4.90 Å². The minimum Gasteiger partial charge on any atom is -0.381 e. The van der Waals surface area contributed by atoms with Crippen LogP contribution in [0.15, 0.2) is 33.8 Å². The van der Waals surface area contributed by atoms with E-state index in [0.717, 1.165) is 4.47 Å². The molecule has 6 nitrogen and oxygen atoms in total. The number of nitrogens with one attached hydrogen (secondary N) is 1. The molecular weight excluding hydrogens is 356 g/mol. The molecule has 0 fully saturated rings. The van der Waals surface area contributed by atoms with Gasteiger partial charge in [-0.05, 0) is 18.2 Å². The molecule has 0 spiro atoms. The largest absolute Gasteiger partial charge is 0.381 e. The van der Waals surface area contributed by atoms with Gasteiger partial charge in [-0.15, -0.1) is 0 Å². The molecule has 0 aliphatic rings. The Morgan fingerprint density at radius 2 is 2.16 bits per heavy atom. The molecule has 2 rings (SSSR count). The topological polar surface area (TPSA) is 90.0 Å². The van der Waals surface area contributed by atoms with Crippen LogP contribution < -0.4 is 10.5 Å². The van der Waals surface area contributed by atoms with E-state index in [0.29, 0.717) is 0 Å². The smallest absolute Gasteiger partial charge is 0.267 e. The van der Waals surface area contributed by atoms with E-state index in [4.69, 9.17) is 17.3 Å².